The van der Waals surface area contributed by atoms with Crippen molar-refractivity contribution in [1.29, 1.82) is 0 Å². The third-order valence-corrected chi connectivity index (χ3v) is 5.37. The average Bonchev–Trinajstić information content (AvgIpc) is 3.56. The number of nitrogens with zero attached hydrogens (tertiary/aromatic N) is 2. The number of halogens is 1. The molecule has 30 heavy (non-hydrogen) atoms. The van der Waals surface area contributed by atoms with E-state index in [0.717, 1.165) is 31.5 Å². The summed E-state index contributed by atoms with van der Waals surface area (Å²) in [5, 5.41) is 15.8. The lowest BCUT2D eigenvalue weighted by atomic mass is 10.0. The van der Waals surface area contributed by atoms with Crippen LogP contribution in [0.2, 0.25) is 0 Å². The Kier molecular flexibility index (Phi) is 5.72. The first-order valence-electron chi connectivity index (χ1n) is 9.96. The van der Waals surface area contributed by atoms with E-state index in [2.05, 4.69) is 40.5 Å². The van der Waals surface area contributed by atoms with Gasteiger partial charge in [-0.05, 0) is 35.2 Å². The summed E-state index contributed by atoms with van der Waals surface area (Å²) >= 11 is 0. The zero-order valence-electron chi connectivity index (χ0n) is 16.4. The minimum absolute atomic E-state index is 0.218. The quantitative estimate of drug-likeness (QED) is 0.427. The van der Waals surface area contributed by atoms with Gasteiger partial charge in [0.05, 0.1) is 4.92 Å². The van der Waals surface area contributed by atoms with Gasteiger partial charge in [-0.3, -0.25) is 19.8 Å². The fourth-order valence-electron chi connectivity index (χ4n) is 3.68. The summed E-state index contributed by atoms with van der Waals surface area (Å²) in [4.78, 5) is 24.6. The highest BCUT2D eigenvalue weighted by molar-refractivity contribution is 5.91. The Morgan fingerprint density at radius 3 is 2.63 bits per heavy atom. The van der Waals surface area contributed by atoms with Crippen LogP contribution in [0.15, 0.2) is 60.7 Å². The van der Waals surface area contributed by atoms with Crippen LogP contribution in [0, 0.1) is 15.9 Å². The van der Waals surface area contributed by atoms with Crippen LogP contribution < -0.4 is 5.32 Å². The lowest BCUT2D eigenvalue weighted by Gasteiger charge is -2.22. The van der Waals surface area contributed by atoms with Crippen LogP contribution in [0.5, 0.6) is 0 Å². The molecule has 0 unspecified atom stereocenters. The first-order chi connectivity index (χ1) is 14.5. The van der Waals surface area contributed by atoms with Crippen LogP contribution in [-0.2, 0) is 11.3 Å². The summed E-state index contributed by atoms with van der Waals surface area (Å²) in [6.45, 7) is 1.36. The molecule has 1 aliphatic carbocycles. The normalized spacial score (nSPS) is 13.5. The van der Waals surface area contributed by atoms with Gasteiger partial charge in [0.2, 0.25) is 11.7 Å². The standard InChI is InChI=1S/C23H22FN3O3/c24-21-14-18(8-11-22(21)27(29)30)25-23(28)12-13-26(19-9-10-19)15-17-6-3-5-16-4-1-2-7-20(16)17/h1-8,11,14,19H,9-10,12-13,15H2,(H,25,28). The molecule has 0 radical (unpaired) electrons. The van der Waals surface area contributed by atoms with Crippen molar-refractivity contribution in [3.63, 3.8) is 0 Å². The second kappa shape index (κ2) is 8.59. The summed E-state index contributed by atoms with van der Waals surface area (Å²) in [6.07, 6.45) is 2.51. The molecule has 4 rings (SSSR count). The predicted molar refractivity (Wildman–Crippen MR) is 114 cm³/mol. The first-order valence-corrected chi connectivity index (χ1v) is 9.96. The largest absolute Gasteiger partial charge is 0.326 e. The van der Waals surface area contributed by atoms with Crippen LogP contribution in [0.25, 0.3) is 10.8 Å². The van der Waals surface area contributed by atoms with E-state index in [1.54, 1.807) is 0 Å². The van der Waals surface area contributed by atoms with E-state index in [9.17, 15) is 19.3 Å². The lowest BCUT2D eigenvalue weighted by molar-refractivity contribution is -0.387. The van der Waals surface area contributed by atoms with Crippen LogP contribution in [-0.4, -0.2) is 28.3 Å². The molecule has 1 N–H and O–H groups in total. The van der Waals surface area contributed by atoms with Gasteiger partial charge >= 0.3 is 5.69 Å². The zero-order chi connectivity index (χ0) is 21.1. The highest BCUT2D eigenvalue weighted by atomic mass is 19.1. The maximum absolute atomic E-state index is 13.7. The van der Waals surface area contributed by atoms with Gasteiger partial charge in [-0.2, -0.15) is 4.39 Å². The molecule has 3 aromatic carbocycles. The van der Waals surface area contributed by atoms with Crippen molar-refractivity contribution < 1.29 is 14.1 Å². The maximum Gasteiger partial charge on any atom is 0.304 e. The third kappa shape index (κ3) is 4.63. The molecule has 1 fully saturated rings. The van der Waals surface area contributed by atoms with Gasteiger partial charge in [-0.15, -0.1) is 0 Å². The van der Waals surface area contributed by atoms with Crippen molar-refractivity contribution in [2.24, 2.45) is 0 Å². The van der Waals surface area contributed by atoms with E-state index in [1.807, 2.05) is 12.1 Å². The smallest absolute Gasteiger partial charge is 0.304 e. The Morgan fingerprint density at radius 1 is 1.13 bits per heavy atom. The molecule has 1 amide bonds. The lowest BCUT2D eigenvalue weighted by Crippen LogP contribution is -2.29. The van der Waals surface area contributed by atoms with Gasteiger partial charge < -0.3 is 5.32 Å². The van der Waals surface area contributed by atoms with E-state index >= 15 is 0 Å². The average molecular weight is 407 g/mol. The number of nitrogens with one attached hydrogen (secondary N) is 1. The molecular formula is C23H22FN3O3. The van der Waals surface area contributed by atoms with Crippen molar-refractivity contribution in [3.05, 3.63) is 82.2 Å². The number of benzene rings is 3. The molecule has 0 aliphatic heterocycles. The molecule has 0 aromatic heterocycles. The Labute approximate surface area is 173 Å². The number of amides is 1. The first kappa shape index (κ1) is 20.0. The van der Waals surface area contributed by atoms with Gasteiger partial charge in [0.15, 0.2) is 0 Å². The molecule has 0 spiro atoms. The van der Waals surface area contributed by atoms with Crippen molar-refractivity contribution in [1.82, 2.24) is 4.90 Å². The summed E-state index contributed by atoms with van der Waals surface area (Å²) in [7, 11) is 0. The molecule has 7 heteroatoms. The maximum atomic E-state index is 13.7. The molecular weight excluding hydrogens is 385 g/mol. The van der Waals surface area contributed by atoms with Gasteiger partial charge in [0, 0.05) is 43.4 Å². The Morgan fingerprint density at radius 2 is 1.90 bits per heavy atom. The number of carbonyl (C=O) groups is 1. The van der Waals surface area contributed by atoms with Gasteiger partial charge in [0.1, 0.15) is 0 Å². The molecule has 0 saturated heterocycles. The van der Waals surface area contributed by atoms with Crippen LogP contribution >= 0.6 is 0 Å². The van der Waals surface area contributed by atoms with E-state index in [0.29, 0.717) is 12.6 Å². The Hall–Kier alpha value is -3.32. The molecule has 0 bridgehead atoms. The minimum atomic E-state index is -0.964. The molecule has 1 saturated carbocycles. The second-order valence-electron chi connectivity index (χ2n) is 7.56. The number of nitro benzene ring substituents is 1. The number of rotatable bonds is 8. The topological polar surface area (TPSA) is 75.5 Å². The highest BCUT2D eigenvalue weighted by Crippen LogP contribution is 2.30. The number of hydrogen-bond acceptors (Lipinski definition) is 4. The second-order valence-corrected chi connectivity index (χ2v) is 7.56. The Bertz CT molecular complexity index is 1090. The SMILES string of the molecule is O=C(CCN(Cc1cccc2ccccc12)C1CC1)Nc1ccc([N+](=O)[O-])c(F)c1. The fourth-order valence-corrected chi connectivity index (χ4v) is 3.68. The van der Waals surface area contributed by atoms with Crippen LogP contribution in [0.4, 0.5) is 15.8 Å². The van der Waals surface area contributed by atoms with E-state index in [4.69, 9.17) is 0 Å². The summed E-state index contributed by atoms with van der Waals surface area (Å²) in [5.41, 5.74) is 0.843. The van der Waals surface area contributed by atoms with E-state index < -0.39 is 16.4 Å². The summed E-state index contributed by atoms with van der Waals surface area (Å²) in [5.74, 6) is -1.21. The predicted octanol–water partition coefficient (Wildman–Crippen LogP) is 4.88. The van der Waals surface area contributed by atoms with Crippen molar-refractivity contribution in [3.8, 4) is 0 Å². The van der Waals surface area contributed by atoms with Crippen molar-refractivity contribution in [2.45, 2.75) is 31.8 Å². The molecule has 6 nitrogen and oxygen atoms in total. The number of carbonyl (C=O) groups excluding carboxylic acids is 1. The van der Waals surface area contributed by atoms with E-state index in [1.165, 1.54) is 22.4 Å². The van der Waals surface area contributed by atoms with E-state index in [-0.39, 0.29) is 18.0 Å². The number of fused-ring (bicyclic) bond motifs is 1. The van der Waals surface area contributed by atoms with Crippen LogP contribution in [0.1, 0.15) is 24.8 Å². The van der Waals surface area contributed by atoms with Gasteiger partial charge in [-0.25, -0.2) is 0 Å². The number of nitro groups is 1. The number of hydrogen-bond donors (Lipinski definition) is 1. The minimum Gasteiger partial charge on any atom is -0.326 e. The molecule has 3 aromatic rings. The van der Waals surface area contributed by atoms with Crippen molar-refractivity contribution in [2.75, 3.05) is 11.9 Å². The molecule has 1 aliphatic rings. The highest BCUT2D eigenvalue weighted by Gasteiger charge is 2.29. The Balaban J connectivity index is 1.39. The zero-order valence-corrected chi connectivity index (χ0v) is 16.4. The van der Waals surface area contributed by atoms with Crippen LogP contribution in [0.3, 0.4) is 0 Å². The molecule has 154 valence electrons. The summed E-state index contributed by atoms with van der Waals surface area (Å²) in [6, 6.07) is 18.4. The number of anilines is 1. The molecule has 0 atom stereocenters. The third-order valence-electron chi connectivity index (χ3n) is 5.37. The fraction of sp³-hybridized carbons (Fsp3) is 0.261. The van der Waals surface area contributed by atoms with Gasteiger partial charge in [-0.1, -0.05) is 42.5 Å². The summed E-state index contributed by atoms with van der Waals surface area (Å²) < 4.78 is 13.7. The van der Waals surface area contributed by atoms with Gasteiger partial charge in [0.25, 0.3) is 0 Å². The monoisotopic (exact) mass is 407 g/mol. The molecule has 0 heterocycles. The van der Waals surface area contributed by atoms with Crippen molar-refractivity contribution >= 4 is 28.1 Å².